The van der Waals surface area contributed by atoms with E-state index in [1.165, 1.54) is 11.8 Å². The molecule has 0 unspecified atom stereocenters. The van der Waals surface area contributed by atoms with Gasteiger partial charge in [-0.15, -0.1) is 10.2 Å². The highest BCUT2D eigenvalue weighted by molar-refractivity contribution is 8.26. The van der Waals surface area contributed by atoms with Gasteiger partial charge in [-0.25, -0.2) is 0 Å². The van der Waals surface area contributed by atoms with Crippen molar-refractivity contribution in [2.24, 2.45) is 0 Å². The van der Waals surface area contributed by atoms with Gasteiger partial charge in [-0.2, -0.15) is 5.21 Å². The number of hydrogen-bond acceptors (Lipinski definition) is 8. The summed E-state index contributed by atoms with van der Waals surface area (Å²) in [6, 6.07) is 11.3. The molecule has 0 atom stereocenters. The van der Waals surface area contributed by atoms with E-state index >= 15 is 0 Å². The standard InChI is InChI=1S/C24H24Cl2N6O2S2/c1-31(2)10-11-34-20-8-6-15(16-5-7-18(25)19(26)13-16)12-17(20)14-21-23(33)32(24(35)36-21)9-3-4-22-27-29-30-28-22/h5-8,12-14H,3-4,9-11H2,1-2H3,(H,27,28,29,30). The normalized spacial score (nSPS) is 14.9. The van der Waals surface area contributed by atoms with Crippen LogP contribution in [0.1, 0.15) is 17.8 Å². The minimum atomic E-state index is -0.128. The molecule has 0 saturated carbocycles. The van der Waals surface area contributed by atoms with Crippen LogP contribution in [0.4, 0.5) is 0 Å². The van der Waals surface area contributed by atoms with Gasteiger partial charge in [0.25, 0.3) is 5.91 Å². The number of carbonyl (C=O) groups excluding carboxylic acids is 1. The number of rotatable bonds is 10. The number of halogens is 2. The van der Waals surface area contributed by atoms with Crippen LogP contribution in [0.25, 0.3) is 17.2 Å². The number of aromatic amines is 1. The lowest BCUT2D eigenvalue weighted by atomic mass is 10.0. The van der Waals surface area contributed by atoms with Gasteiger partial charge in [-0.1, -0.05) is 64.5 Å². The van der Waals surface area contributed by atoms with Gasteiger partial charge < -0.3 is 9.64 Å². The fraction of sp³-hybridized carbons (Fsp3) is 0.292. The topological polar surface area (TPSA) is 87.2 Å². The number of hydrogen-bond donors (Lipinski definition) is 1. The Morgan fingerprint density at radius 1 is 1.17 bits per heavy atom. The number of aryl methyl sites for hydroxylation is 1. The molecule has 2 heterocycles. The fourth-order valence-corrected chi connectivity index (χ4v) is 5.10. The van der Waals surface area contributed by atoms with E-state index in [0.29, 0.717) is 56.8 Å². The highest BCUT2D eigenvalue weighted by atomic mass is 35.5. The lowest BCUT2D eigenvalue weighted by Crippen LogP contribution is -2.29. The zero-order valence-electron chi connectivity index (χ0n) is 19.7. The first-order valence-corrected chi connectivity index (χ1v) is 13.1. The number of nitrogens with one attached hydrogen (secondary N) is 1. The summed E-state index contributed by atoms with van der Waals surface area (Å²) in [4.78, 5) is 17.4. The van der Waals surface area contributed by atoms with Crippen molar-refractivity contribution in [3.63, 3.8) is 0 Å². The van der Waals surface area contributed by atoms with E-state index in [0.717, 1.165) is 23.2 Å². The summed E-state index contributed by atoms with van der Waals surface area (Å²) in [7, 11) is 3.98. The lowest BCUT2D eigenvalue weighted by molar-refractivity contribution is -0.122. The average molecular weight is 564 g/mol. The first kappa shape index (κ1) is 26.6. The molecule has 1 aliphatic rings. The Morgan fingerprint density at radius 2 is 1.94 bits per heavy atom. The number of thiocarbonyl (C=S) groups is 1. The van der Waals surface area contributed by atoms with Gasteiger partial charge in [0, 0.05) is 25.1 Å². The van der Waals surface area contributed by atoms with Crippen LogP contribution >= 0.6 is 47.2 Å². The number of ether oxygens (including phenoxy) is 1. The van der Waals surface area contributed by atoms with Crippen LogP contribution in [0.5, 0.6) is 5.75 Å². The third kappa shape index (κ3) is 6.63. The van der Waals surface area contributed by atoms with Crippen molar-refractivity contribution < 1.29 is 9.53 Å². The Bertz CT molecular complexity index is 1280. The monoisotopic (exact) mass is 562 g/mol. The summed E-state index contributed by atoms with van der Waals surface area (Å²) in [5.41, 5.74) is 2.62. The van der Waals surface area contributed by atoms with Crippen LogP contribution in [0, 0.1) is 0 Å². The molecular formula is C24H24Cl2N6O2S2. The molecule has 0 aliphatic carbocycles. The number of carbonyl (C=O) groups is 1. The summed E-state index contributed by atoms with van der Waals surface area (Å²) in [5, 5.41) is 14.8. The Morgan fingerprint density at radius 3 is 2.67 bits per heavy atom. The fourth-order valence-electron chi connectivity index (χ4n) is 3.50. The van der Waals surface area contributed by atoms with Crippen LogP contribution in [-0.2, 0) is 11.2 Å². The van der Waals surface area contributed by atoms with E-state index in [1.807, 2.05) is 55.4 Å². The maximum atomic E-state index is 13.2. The minimum absolute atomic E-state index is 0.128. The van der Waals surface area contributed by atoms with E-state index < -0.39 is 0 Å². The van der Waals surface area contributed by atoms with Gasteiger partial charge in [-0.3, -0.25) is 9.69 Å². The highest BCUT2D eigenvalue weighted by Crippen LogP contribution is 2.36. The maximum Gasteiger partial charge on any atom is 0.266 e. The number of likely N-dealkylation sites (N-methyl/N-ethyl adjacent to an activating group) is 1. The summed E-state index contributed by atoms with van der Waals surface area (Å²) in [5.74, 6) is 1.16. The number of H-pyrrole nitrogens is 1. The van der Waals surface area contributed by atoms with Crippen LogP contribution in [0.2, 0.25) is 10.0 Å². The third-order valence-electron chi connectivity index (χ3n) is 5.39. The number of tetrazole rings is 1. The third-order valence-corrected chi connectivity index (χ3v) is 7.51. The second-order valence-corrected chi connectivity index (χ2v) is 10.8. The molecule has 36 heavy (non-hydrogen) atoms. The van der Waals surface area contributed by atoms with E-state index in [-0.39, 0.29) is 5.91 Å². The number of nitrogens with zero attached hydrogens (tertiary/aromatic N) is 5. The summed E-state index contributed by atoms with van der Waals surface area (Å²) >= 11 is 19.1. The van der Waals surface area contributed by atoms with E-state index in [4.69, 9.17) is 40.2 Å². The molecule has 0 bridgehead atoms. The average Bonchev–Trinajstić information content (AvgIpc) is 3.45. The van der Waals surface area contributed by atoms with Crippen molar-refractivity contribution in [1.29, 1.82) is 0 Å². The van der Waals surface area contributed by atoms with Crippen LogP contribution < -0.4 is 4.74 Å². The van der Waals surface area contributed by atoms with Gasteiger partial charge in [0.2, 0.25) is 0 Å². The van der Waals surface area contributed by atoms with Gasteiger partial charge in [0.15, 0.2) is 5.82 Å². The smallest absolute Gasteiger partial charge is 0.266 e. The highest BCUT2D eigenvalue weighted by Gasteiger charge is 2.32. The number of aromatic nitrogens is 4. The molecule has 1 fully saturated rings. The number of thioether (sulfide) groups is 1. The van der Waals surface area contributed by atoms with Crippen LogP contribution in [0.15, 0.2) is 41.3 Å². The number of benzene rings is 2. The van der Waals surface area contributed by atoms with E-state index in [2.05, 4.69) is 20.6 Å². The van der Waals surface area contributed by atoms with Gasteiger partial charge in [0.05, 0.1) is 15.0 Å². The van der Waals surface area contributed by atoms with Crippen molar-refractivity contribution >= 4 is 63.5 Å². The Hall–Kier alpha value is -2.50. The molecule has 4 rings (SSSR count). The second kappa shape index (κ2) is 12.2. The van der Waals surface area contributed by atoms with Crippen molar-refractivity contribution in [1.82, 2.24) is 30.4 Å². The van der Waals surface area contributed by atoms with Gasteiger partial charge >= 0.3 is 0 Å². The zero-order chi connectivity index (χ0) is 25.7. The van der Waals surface area contributed by atoms with Crippen molar-refractivity contribution in [2.45, 2.75) is 12.8 Å². The summed E-state index contributed by atoms with van der Waals surface area (Å²) < 4.78 is 6.59. The van der Waals surface area contributed by atoms with Crippen LogP contribution in [-0.4, -0.2) is 74.4 Å². The SMILES string of the molecule is CN(C)CCOc1ccc(-c2ccc(Cl)c(Cl)c2)cc1C=C1SC(=S)N(CCCc2nn[nH]n2)C1=O. The zero-order valence-corrected chi connectivity index (χ0v) is 22.8. The Balaban J connectivity index is 1.58. The lowest BCUT2D eigenvalue weighted by Gasteiger charge is -2.15. The minimum Gasteiger partial charge on any atom is -0.492 e. The molecule has 8 nitrogen and oxygen atoms in total. The van der Waals surface area contributed by atoms with Crippen molar-refractivity contribution in [3.05, 3.63) is 62.7 Å². The molecule has 12 heteroatoms. The van der Waals surface area contributed by atoms with Crippen molar-refractivity contribution in [2.75, 3.05) is 33.8 Å². The van der Waals surface area contributed by atoms with E-state index in [1.54, 1.807) is 11.0 Å². The molecule has 0 radical (unpaired) electrons. The summed E-state index contributed by atoms with van der Waals surface area (Å²) in [6.07, 6.45) is 3.11. The Kier molecular flexibility index (Phi) is 8.97. The molecule has 2 aromatic carbocycles. The Labute approximate surface area is 229 Å². The molecule has 1 saturated heterocycles. The van der Waals surface area contributed by atoms with E-state index in [9.17, 15) is 4.79 Å². The molecule has 3 aromatic rings. The summed E-state index contributed by atoms with van der Waals surface area (Å²) in [6.45, 7) is 1.75. The maximum absolute atomic E-state index is 13.2. The predicted molar refractivity (Wildman–Crippen MR) is 148 cm³/mol. The molecule has 1 amide bonds. The molecule has 1 N–H and O–H groups in total. The molecule has 1 aliphatic heterocycles. The van der Waals surface area contributed by atoms with Crippen LogP contribution in [0.3, 0.4) is 0 Å². The van der Waals surface area contributed by atoms with Gasteiger partial charge in [-0.05, 0) is 62.0 Å². The second-order valence-electron chi connectivity index (χ2n) is 8.30. The first-order valence-electron chi connectivity index (χ1n) is 11.2. The quantitative estimate of drug-likeness (QED) is 0.274. The first-order chi connectivity index (χ1) is 17.3. The molecule has 188 valence electrons. The molecule has 0 spiro atoms. The van der Waals surface area contributed by atoms with Crippen molar-refractivity contribution in [3.8, 4) is 16.9 Å². The predicted octanol–water partition coefficient (Wildman–Crippen LogP) is 4.95. The number of amides is 1. The largest absolute Gasteiger partial charge is 0.492 e. The molecular weight excluding hydrogens is 539 g/mol. The van der Waals surface area contributed by atoms with Gasteiger partial charge in [0.1, 0.15) is 16.7 Å². The molecule has 1 aromatic heterocycles.